The fraction of sp³-hybridized carbons (Fsp3) is 0.263. The summed E-state index contributed by atoms with van der Waals surface area (Å²) in [5, 5.41) is 0. The Morgan fingerprint density at radius 3 is 2.58 bits per heavy atom. The molecule has 1 fully saturated rings. The molecule has 5 heteroatoms. The lowest BCUT2D eigenvalue weighted by molar-refractivity contribution is 0.0693. The first kappa shape index (κ1) is 15.0. The first-order valence-electron chi connectivity index (χ1n) is 7.99. The third-order valence-corrected chi connectivity index (χ3v) is 5.02. The fourth-order valence-electron chi connectivity index (χ4n) is 3.62. The topological polar surface area (TPSA) is 32.7 Å². The van der Waals surface area contributed by atoms with E-state index in [2.05, 4.69) is 11.1 Å². The number of nitrogens with zero attached hydrogens (tertiary/aromatic N) is 2. The number of carbonyl (C=O) groups excluding carboxylic acids is 1. The summed E-state index contributed by atoms with van der Waals surface area (Å²) in [6.45, 7) is 0.990. The highest BCUT2D eigenvalue weighted by Crippen LogP contribution is 2.43. The molecule has 2 aliphatic heterocycles. The summed E-state index contributed by atoms with van der Waals surface area (Å²) in [7, 11) is 0. The molecule has 122 valence electrons. The molecule has 4 rings (SSSR count). The number of hydrogen-bond donors (Lipinski definition) is 0. The molecule has 0 bridgehead atoms. The van der Waals surface area contributed by atoms with Crippen LogP contribution in [0.15, 0.2) is 47.5 Å². The number of benzene rings is 2. The molecule has 2 aromatic rings. The van der Waals surface area contributed by atoms with Crippen molar-refractivity contribution in [1.82, 2.24) is 4.90 Å². The van der Waals surface area contributed by atoms with Gasteiger partial charge in [0.25, 0.3) is 5.91 Å². The molecule has 2 heterocycles. The van der Waals surface area contributed by atoms with Gasteiger partial charge >= 0.3 is 0 Å². The van der Waals surface area contributed by atoms with Crippen molar-refractivity contribution in [1.29, 1.82) is 0 Å². The maximum Gasteiger partial charge on any atom is 0.256 e. The van der Waals surface area contributed by atoms with Crippen molar-refractivity contribution in [3.63, 3.8) is 0 Å². The largest absolute Gasteiger partial charge is 0.338 e. The minimum absolute atomic E-state index is 0.145. The number of halogens is 2. The molecule has 0 aliphatic carbocycles. The monoisotopic (exact) mass is 326 g/mol. The van der Waals surface area contributed by atoms with Gasteiger partial charge in [0.15, 0.2) is 11.6 Å². The summed E-state index contributed by atoms with van der Waals surface area (Å²) >= 11 is 0. The van der Waals surface area contributed by atoms with Crippen LogP contribution in [0.3, 0.4) is 0 Å². The molecule has 0 N–H and O–H groups in total. The normalized spacial score (nSPS) is 18.0. The Balaban J connectivity index is 1.54. The average molecular weight is 326 g/mol. The summed E-state index contributed by atoms with van der Waals surface area (Å²) in [4.78, 5) is 18.6. The third kappa shape index (κ3) is 2.23. The molecule has 0 atom stereocenters. The molecule has 0 radical (unpaired) electrons. The molecule has 0 unspecified atom stereocenters. The van der Waals surface area contributed by atoms with Gasteiger partial charge in [0, 0.05) is 24.7 Å². The Hall–Kier alpha value is -2.56. The number of rotatable bonds is 1. The van der Waals surface area contributed by atoms with Crippen molar-refractivity contribution in [2.75, 3.05) is 13.1 Å². The van der Waals surface area contributed by atoms with Crippen LogP contribution in [0.25, 0.3) is 0 Å². The number of carbonyl (C=O) groups is 1. The average Bonchev–Trinajstić information content (AvgIpc) is 2.96. The number of fused-ring (bicyclic) bond motifs is 2. The molecule has 2 aliphatic rings. The standard InChI is InChI=1S/C19H16F2N2O/c20-15-6-3-4-13(17(15)21)18(24)23-10-8-19(9-11-23)12-22-16-7-2-1-5-14(16)19/h1-7,12H,8-11H2. The van der Waals surface area contributed by atoms with Gasteiger partial charge in [-0.15, -0.1) is 0 Å². The zero-order chi connectivity index (χ0) is 16.7. The predicted molar refractivity (Wildman–Crippen MR) is 87.8 cm³/mol. The van der Waals surface area contributed by atoms with Gasteiger partial charge in [-0.1, -0.05) is 24.3 Å². The van der Waals surface area contributed by atoms with Crippen LogP contribution in [-0.2, 0) is 5.41 Å². The number of likely N-dealkylation sites (tertiary alicyclic amines) is 1. The van der Waals surface area contributed by atoms with Gasteiger partial charge in [0.1, 0.15) is 0 Å². The van der Waals surface area contributed by atoms with E-state index < -0.39 is 17.5 Å². The molecule has 0 aromatic heterocycles. The van der Waals surface area contributed by atoms with Crippen molar-refractivity contribution < 1.29 is 13.6 Å². The van der Waals surface area contributed by atoms with Crippen molar-refractivity contribution in [2.45, 2.75) is 18.3 Å². The number of aliphatic imine (C=N–C) groups is 1. The Kier molecular flexibility index (Phi) is 3.44. The summed E-state index contributed by atoms with van der Waals surface area (Å²) in [6, 6.07) is 11.7. The quantitative estimate of drug-likeness (QED) is 0.783. The molecule has 2 aromatic carbocycles. The van der Waals surface area contributed by atoms with Gasteiger partial charge in [-0.25, -0.2) is 8.78 Å². The second-order valence-electron chi connectivity index (χ2n) is 6.33. The smallest absolute Gasteiger partial charge is 0.256 e. The molecular formula is C19H16F2N2O. The van der Waals surface area contributed by atoms with Crippen LogP contribution in [0.5, 0.6) is 0 Å². The Bertz CT molecular complexity index is 839. The van der Waals surface area contributed by atoms with E-state index in [1.807, 2.05) is 24.4 Å². The van der Waals surface area contributed by atoms with E-state index in [1.54, 1.807) is 4.90 Å². The highest BCUT2D eigenvalue weighted by molar-refractivity contribution is 5.95. The second-order valence-corrected chi connectivity index (χ2v) is 6.33. The van der Waals surface area contributed by atoms with E-state index in [-0.39, 0.29) is 11.0 Å². The van der Waals surface area contributed by atoms with E-state index >= 15 is 0 Å². The molecule has 1 saturated heterocycles. The van der Waals surface area contributed by atoms with Crippen LogP contribution in [0.2, 0.25) is 0 Å². The summed E-state index contributed by atoms with van der Waals surface area (Å²) < 4.78 is 27.2. The van der Waals surface area contributed by atoms with E-state index in [9.17, 15) is 13.6 Å². The third-order valence-electron chi connectivity index (χ3n) is 5.02. The molecule has 3 nitrogen and oxygen atoms in total. The maximum absolute atomic E-state index is 13.9. The number of amides is 1. The van der Waals surface area contributed by atoms with Crippen LogP contribution in [0, 0.1) is 11.6 Å². The number of para-hydroxylation sites is 1. The summed E-state index contributed by atoms with van der Waals surface area (Å²) in [6.07, 6.45) is 3.44. The fourth-order valence-corrected chi connectivity index (χ4v) is 3.62. The van der Waals surface area contributed by atoms with Gasteiger partial charge < -0.3 is 4.90 Å². The lowest BCUT2D eigenvalue weighted by atomic mass is 9.74. The first-order chi connectivity index (χ1) is 11.6. The number of piperidine rings is 1. The minimum Gasteiger partial charge on any atom is -0.338 e. The Labute approximate surface area is 138 Å². The van der Waals surface area contributed by atoms with E-state index in [0.29, 0.717) is 13.1 Å². The molecule has 1 spiro atoms. The van der Waals surface area contributed by atoms with Crippen molar-refractivity contribution in [3.05, 3.63) is 65.2 Å². The van der Waals surface area contributed by atoms with E-state index in [4.69, 9.17) is 0 Å². The molecule has 24 heavy (non-hydrogen) atoms. The Morgan fingerprint density at radius 2 is 1.79 bits per heavy atom. The SMILES string of the molecule is O=C(c1cccc(F)c1F)N1CCC2(C=Nc3ccccc32)CC1. The zero-order valence-electron chi connectivity index (χ0n) is 13.0. The second kappa shape index (κ2) is 5.51. The molecule has 1 amide bonds. The minimum atomic E-state index is -1.07. The highest BCUT2D eigenvalue weighted by atomic mass is 19.2. The summed E-state index contributed by atoms with van der Waals surface area (Å²) in [5.41, 5.74) is 1.82. The van der Waals surface area contributed by atoms with Gasteiger partial charge in [-0.05, 0) is 36.6 Å². The lowest BCUT2D eigenvalue weighted by Crippen LogP contribution is -2.45. The van der Waals surface area contributed by atoms with Crippen molar-refractivity contribution in [3.8, 4) is 0 Å². The van der Waals surface area contributed by atoms with Crippen LogP contribution in [-0.4, -0.2) is 30.1 Å². The zero-order valence-corrected chi connectivity index (χ0v) is 13.0. The summed E-state index contributed by atoms with van der Waals surface area (Å²) in [5.74, 6) is -2.52. The van der Waals surface area contributed by atoms with Crippen LogP contribution >= 0.6 is 0 Å². The van der Waals surface area contributed by atoms with E-state index in [1.165, 1.54) is 17.7 Å². The first-order valence-corrected chi connectivity index (χ1v) is 7.99. The van der Waals surface area contributed by atoms with Gasteiger partial charge in [0.05, 0.1) is 11.3 Å². The molecular weight excluding hydrogens is 310 g/mol. The van der Waals surface area contributed by atoms with E-state index in [0.717, 1.165) is 24.6 Å². The predicted octanol–water partition coefficient (Wildman–Crippen LogP) is 3.85. The Morgan fingerprint density at radius 1 is 1.04 bits per heavy atom. The number of hydrogen-bond acceptors (Lipinski definition) is 2. The van der Waals surface area contributed by atoms with Crippen LogP contribution in [0.1, 0.15) is 28.8 Å². The van der Waals surface area contributed by atoms with Crippen LogP contribution < -0.4 is 0 Å². The van der Waals surface area contributed by atoms with Gasteiger partial charge in [-0.3, -0.25) is 9.79 Å². The van der Waals surface area contributed by atoms with Gasteiger partial charge in [-0.2, -0.15) is 0 Å². The van der Waals surface area contributed by atoms with Crippen molar-refractivity contribution >= 4 is 17.8 Å². The lowest BCUT2D eigenvalue weighted by Gasteiger charge is -2.38. The molecule has 0 saturated carbocycles. The van der Waals surface area contributed by atoms with Crippen LogP contribution in [0.4, 0.5) is 14.5 Å². The highest BCUT2D eigenvalue weighted by Gasteiger charge is 2.40. The maximum atomic E-state index is 13.9. The van der Waals surface area contributed by atoms with Crippen molar-refractivity contribution in [2.24, 2.45) is 4.99 Å². The van der Waals surface area contributed by atoms with Gasteiger partial charge in [0.2, 0.25) is 0 Å².